The van der Waals surface area contributed by atoms with Crippen LogP contribution in [0.5, 0.6) is 0 Å². The Morgan fingerprint density at radius 2 is 1.44 bits per heavy atom. The van der Waals surface area contributed by atoms with Gasteiger partial charge >= 0.3 is 11.9 Å². The number of hydrogen-bond acceptors (Lipinski definition) is 7. The lowest BCUT2D eigenvalue weighted by Crippen LogP contribution is -3.00. The molecular weight excluding hydrogens is 763 g/mol. The van der Waals surface area contributed by atoms with Gasteiger partial charge in [0.15, 0.2) is 11.7 Å². The third kappa shape index (κ3) is 4.85. The molecular formula is C45H50BrO7P. The van der Waals surface area contributed by atoms with Crippen molar-refractivity contribution in [1.29, 1.82) is 0 Å². The smallest absolute Gasteiger partial charge is 0.334 e. The van der Waals surface area contributed by atoms with Gasteiger partial charge in [-0.1, -0.05) is 81.8 Å². The minimum absolute atomic E-state index is 0. The molecule has 2 spiro atoms. The molecule has 3 aromatic carbocycles. The third-order valence-electron chi connectivity index (χ3n) is 14.5. The quantitative estimate of drug-likeness (QED) is 0.120. The average Bonchev–Trinajstić information content (AvgIpc) is 4.11. The second-order valence-corrected chi connectivity index (χ2v) is 20.7. The summed E-state index contributed by atoms with van der Waals surface area (Å²) >= 11 is 0. The van der Waals surface area contributed by atoms with Gasteiger partial charge in [-0.25, -0.2) is 4.79 Å². The van der Waals surface area contributed by atoms with Crippen LogP contribution in [-0.4, -0.2) is 65.9 Å². The minimum atomic E-state index is -1.87. The SMILES string of the molecule is CC(C)[C@]12O[C@H]1[C@@H]1O[C@]13[C@]1(O[C@H]1C[C@H]1C4=C(CC[C@@]13C)C(=O)OC4)[C@@H]2OC(=O)CCCCCC[P+](c1ccccc1)(c1ccccc1)c1ccccc1.[Br-]. The largest absolute Gasteiger partial charge is 1.00 e. The molecule has 0 unspecified atom stereocenters. The molecule has 0 radical (unpaired) electrons. The highest BCUT2D eigenvalue weighted by Crippen LogP contribution is 2.83. The van der Waals surface area contributed by atoms with Gasteiger partial charge in [0.05, 0.1) is 12.3 Å². The van der Waals surface area contributed by atoms with Crippen LogP contribution in [0.2, 0.25) is 0 Å². The molecule has 4 heterocycles. The van der Waals surface area contributed by atoms with E-state index in [2.05, 4.69) is 112 Å². The molecule has 54 heavy (non-hydrogen) atoms. The van der Waals surface area contributed by atoms with Gasteiger partial charge in [-0.3, -0.25) is 4.79 Å². The van der Waals surface area contributed by atoms with Crippen LogP contribution in [0.4, 0.5) is 0 Å². The molecule has 3 aliphatic carbocycles. The van der Waals surface area contributed by atoms with Crippen molar-refractivity contribution in [3.05, 3.63) is 102 Å². The molecule has 5 fully saturated rings. The maximum atomic E-state index is 13.9. The molecule has 3 aromatic rings. The van der Waals surface area contributed by atoms with Crippen LogP contribution in [0.1, 0.15) is 72.1 Å². The number of fused-ring (bicyclic) bond motifs is 4. The van der Waals surface area contributed by atoms with Gasteiger partial charge in [0.2, 0.25) is 0 Å². The van der Waals surface area contributed by atoms with Gasteiger partial charge in [-0.15, -0.1) is 0 Å². The van der Waals surface area contributed by atoms with Crippen LogP contribution < -0.4 is 32.9 Å². The first-order valence-electron chi connectivity index (χ1n) is 19.9. The number of cyclic esters (lactones) is 1. The van der Waals surface area contributed by atoms with Crippen LogP contribution in [0.3, 0.4) is 0 Å². The van der Waals surface area contributed by atoms with E-state index < -0.39 is 30.2 Å². The predicted molar refractivity (Wildman–Crippen MR) is 204 cm³/mol. The number of rotatable bonds is 12. The van der Waals surface area contributed by atoms with E-state index >= 15 is 0 Å². The van der Waals surface area contributed by atoms with E-state index in [-0.39, 0.29) is 64.5 Å². The fourth-order valence-corrected chi connectivity index (χ4v) is 16.3. The Kier molecular flexibility index (Phi) is 8.91. The zero-order valence-electron chi connectivity index (χ0n) is 31.4. The fourth-order valence-electron chi connectivity index (χ4n) is 11.9. The van der Waals surface area contributed by atoms with Crippen molar-refractivity contribution in [3.8, 4) is 0 Å². The predicted octanol–water partition coefficient (Wildman–Crippen LogP) is 3.60. The van der Waals surface area contributed by atoms with E-state index in [0.717, 1.165) is 55.8 Å². The summed E-state index contributed by atoms with van der Waals surface area (Å²) in [6.45, 7) is 7.02. The topological polar surface area (TPSA) is 90.2 Å². The minimum Gasteiger partial charge on any atom is -1.00 e. The molecule has 3 saturated heterocycles. The van der Waals surface area contributed by atoms with Crippen molar-refractivity contribution in [3.63, 3.8) is 0 Å². The summed E-state index contributed by atoms with van der Waals surface area (Å²) in [6, 6.07) is 33.1. The number of hydrogen-bond donors (Lipinski definition) is 0. The first-order chi connectivity index (χ1) is 25.7. The lowest BCUT2D eigenvalue weighted by molar-refractivity contribution is -0.169. The van der Waals surface area contributed by atoms with Crippen LogP contribution >= 0.6 is 7.26 Å². The van der Waals surface area contributed by atoms with Gasteiger partial charge in [0.1, 0.15) is 53.2 Å². The van der Waals surface area contributed by atoms with Crippen LogP contribution in [-0.2, 0) is 33.3 Å². The van der Waals surface area contributed by atoms with E-state index in [1.807, 2.05) is 0 Å². The Bertz CT molecular complexity index is 1880. The number of benzene rings is 3. The molecule has 7 nitrogen and oxygen atoms in total. The second kappa shape index (κ2) is 13.1. The normalized spacial score (nSPS) is 36.3. The van der Waals surface area contributed by atoms with E-state index in [9.17, 15) is 9.59 Å². The standard InChI is InChI=1S/C45H50O7P.BrH/c1-29(2)43-38(51-43)39-45(52-39)42(3)25-24-33-34(28-48-40(33)47)35(42)27-36-44(45,50-36)41(43)49-37(46)23-15-4-5-16-26-53(30-17-9-6-10-18-30,31-19-11-7-12-20-31)32-21-13-8-14-22-32;/h6-14,17-22,29,35-36,38-39,41H,4-5,15-16,23-28H2,1-3H3;1H/q+1;/p-1/t35-,36-,38-,39-,41+,42-,43-,44+,45+;/m0./s1. The fraction of sp³-hybridized carbons (Fsp3) is 0.511. The number of unbranched alkanes of at least 4 members (excludes halogenated alkanes) is 3. The van der Waals surface area contributed by atoms with E-state index in [1.54, 1.807) is 0 Å². The number of carbonyl (C=O) groups is 2. The summed E-state index contributed by atoms with van der Waals surface area (Å²) in [7, 11) is -1.87. The number of ether oxygens (including phenoxy) is 5. The lowest BCUT2D eigenvalue weighted by atomic mass is 9.46. The maximum absolute atomic E-state index is 13.9. The van der Waals surface area contributed by atoms with Crippen LogP contribution in [0.15, 0.2) is 102 Å². The van der Waals surface area contributed by atoms with Gasteiger partial charge in [-0.2, -0.15) is 0 Å². The Hall–Kier alpha value is -2.87. The second-order valence-electron chi connectivity index (χ2n) is 17.1. The summed E-state index contributed by atoms with van der Waals surface area (Å²) in [5.74, 6) is -0.0404. The highest BCUT2D eigenvalue weighted by Gasteiger charge is 3.01. The number of carbonyl (C=O) groups excluding carboxylic acids is 2. The number of epoxide rings is 3. The monoisotopic (exact) mass is 812 g/mol. The Morgan fingerprint density at radius 3 is 2.06 bits per heavy atom. The number of esters is 2. The van der Waals surface area contributed by atoms with Gasteiger partial charge < -0.3 is 40.7 Å². The third-order valence-corrected chi connectivity index (χ3v) is 19.1. The zero-order chi connectivity index (χ0) is 36.2. The van der Waals surface area contributed by atoms with E-state index in [4.69, 9.17) is 23.7 Å². The first-order valence-corrected chi connectivity index (χ1v) is 21.9. The molecule has 9 heteroatoms. The van der Waals surface area contributed by atoms with Crippen molar-refractivity contribution < 1.29 is 50.3 Å². The molecule has 4 aliphatic heterocycles. The van der Waals surface area contributed by atoms with E-state index in [0.29, 0.717) is 19.4 Å². The Morgan fingerprint density at radius 1 is 0.833 bits per heavy atom. The number of halogens is 1. The zero-order valence-corrected chi connectivity index (χ0v) is 33.9. The molecule has 284 valence electrons. The summed E-state index contributed by atoms with van der Waals surface area (Å²) in [6.07, 6.45) is 6.79. The molecule has 7 aliphatic rings. The van der Waals surface area contributed by atoms with Crippen molar-refractivity contribution in [2.45, 2.75) is 113 Å². The van der Waals surface area contributed by atoms with Crippen LogP contribution in [0.25, 0.3) is 0 Å². The van der Waals surface area contributed by atoms with Gasteiger partial charge in [0, 0.05) is 17.4 Å². The van der Waals surface area contributed by atoms with E-state index in [1.165, 1.54) is 15.9 Å². The summed E-state index contributed by atoms with van der Waals surface area (Å²) in [5, 5.41) is 4.23. The Labute approximate surface area is 329 Å². The average molecular weight is 814 g/mol. The molecule has 10 rings (SSSR count). The molecule has 0 N–H and O–H groups in total. The summed E-state index contributed by atoms with van der Waals surface area (Å²) in [5.41, 5.74) is -0.152. The highest BCUT2D eigenvalue weighted by molar-refractivity contribution is 7.95. The van der Waals surface area contributed by atoms with Crippen molar-refractivity contribution in [2.75, 3.05) is 12.8 Å². The Balaban J connectivity index is 0.00000384. The van der Waals surface area contributed by atoms with Crippen molar-refractivity contribution >= 4 is 35.1 Å². The first kappa shape index (κ1) is 36.7. The summed E-state index contributed by atoms with van der Waals surface area (Å²) < 4.78 is 32.4. The molecule has 0 amide bonds. The molecule has 0 aromatic heterocycles. The lowest BCUT2D eigenvalue weighted by Gasteiger charge is -2.53. The maximum Gasteiger partial charge on any atom is 0.334 e. The highest BCUT2D eigenvalue weighted by atomic mass is 79.9. The van der Waals surface area contributed by atoms with Crippen LogP contribution in [0, 0.1) is 17.3 Å². The molecule has 2 saturated carbocycles. The molecule has 0 bridgehead atoms. The van der Waals surface area contributed by atoms with Crippen molar-refractivity contribution in [2.24, 2.45) is 17.3 Å². The summed E-state index contributed by atoms with van der Waals surface area (Å²) in [4.78, 5) is 26.4. The van der Waals surface area contributed by atoms with Gasteiger partial charge in [-0.05, 0) is 92.3 Å². The van der Waals surface area contributed by atoms with Crippen molar-refractivity contribution in [1.82, 2.24) is 0 Å². The molecule has 9 atom stereocenters. The van der Waals surface area contributed by atoms with Gasteiger partial charge in [0.25, 0.3) is 0 Å².